The molecule has 0 aromatic heterocycles. The summed E-state index contributed by atoms with van der Waals surface area (Å²) in [5.74, 6) is -2.36. The van der Waals surface area contributed by atoms with Gasteiger partial charge >= 0.3 is 7.82 Å². The van der Waals surface area contributed by atoms with E-state index in [1.165, 1.54) is 6.92 Å². The molecule has 0 amide bonds. The van der Waals surface area contributed by atoms with Crippen LogP contribution in [0.15, 0.2) is 12.3 Å². The lowest BCUT2D eigenvalue weighted by Gasteiger charge is -2.23. The second-order valence-corrected chi connectivity index (χ2v) is 5.09. The molecule has 8 nitrogen and oxygen atoms in total. The van der Waals surface area contributed by atoms with Crippen LogP contribution in [0.1, 0.15) is 13.3 Å². The number of phosphoric acid groups is 1. The molecule has 0 aromatic carbocycles. The van der Waals surface area contributed by atoms with E-state index in [0.717, 1.165) is 0 Å². The Morgan fingerprint density at radius 1 is 1.33 bits per heavy atom. The first kappa shape index (κ1) is 17.2. The summed E-state index contributed by atoms with van der Waals surface area (Å²) < 4.78 is 14.5. The summed E-state index contributed by atoms with van der Waals surface area (Å²) >= 11 is 0. The zero-order chi connectivity index (χ0) is 14.5. The normalized spacial score (nSPS) is 16.9. The Bertz CT molecular complexity index is 348. The van der Waals surface area contributed by atoms with Gasteiger partial charge in [0, 0.05) is 12.3 Å². The Morgan fingerprint density at radius 2 is 1.83 bits per heavy atom. The lowest BCUT2D eigenvalue weighted by Crippen LogP contribution is -2.34. The van der Waals surface area contributed by atoms with E-state index in [9.17, 15) is 19.6 Å². The molecule has 0 aliphatic rings. The SMILES string of the molecule is C=C(O)C(=O)C[C@@H](O)[C@H](C)[C@H](O)COP(=O)(O)O. The van der Waals surface area contributed by atoms with Gasteiger partial charge in [-0.05, 0) is 0 Å². The Labute approximate surface area is 104 Å². The van der Waals surface area contributed by atoms with Crippen molar-refractivity contribution in [3.05, 3.63) is 12.3 Å². The Hall–Kier alpha value is -0.760. The average Bonchev–Trinajstić information content (AvgIpc) is 2.23. The fraction of sp³-hybridized carbons (Fsp3) is 0.667. The fourth-order valence-corrected chi connectivity index (χ4v) is 1.42. The molecule has 0 fully saturated rings. The van der Waals surface area contributed by atoms with Crippen LogP contribution < -0.4 is 0 Å². The van der Waals surface area contributed by atoms with Crippen LogP contribution in [0.25, 0.3) is 0 Å². The lowest BCUT2D eigenvalue weighted by molar-refractivity contribution is -0.121. The van der Waals surface area contributed by atoms with Crippen molar-refractivity contribution >= 4 is 13.6 Å². The van der Waals surface area contributed by atoms with Crippen LogP contribution >= 0.6 is 7.82 Å². The van der Waals surface area contributed by atoms with E-state index in [-0.39, 0.29) is 0 Å². The van der Waals surface area contributed by atoms with Gasteiger partial charge in [-0.1, -0.05) is 13.5 Å². The molecule has 0 aliphatic heterocycles. The minimum Gasteiger partial charge on any atom is -0.505 e. The molecule has 0 radical (unpaired) electrons. The summed E-state index contributed by atoms with van der Waals surface area (Å²) in [4.78, 5) is 27.9. The van der Waals surface area contributed by atoms with Crippen molar-refractivity contribution in [2.24, 2.45) is 5.92 Å². The van der Waals surface area contributed by atoms with Crippen molar-refractivity contribution in [2.45, 2.75) is 25.6 Å². The van der Waals surface area contributed by atoms with Crippen molar-refractivity contribution in [3.63, 3.8) is 0 Å². The maximum Gasteiger partial charge on any atom is 0.469 e. The first-order valence-electron chi connectivity index (χ1n) is 5.02. The molecule has 0 saturated carbocycles. The first-order chi connectivity index (χ1) is 8.04. The second kappa shape index (κ2) is 6.98. The maximum atomic E-state index is 11.1. The highest BCUT2D eigenvalue weighted by Crippen LogP contribution is 2.36. The van der Waals surface area contributed by atoms with E-state index in [2.05, 4.69) is 11.1 Å². The number of carbonyl (C=O) groups is 1. The summed E-state index contributed by atoms with van der Waals surface area (Å²) in [6.07, 6.45) is -3.12. The number of hydrogen-bond donors (Lipinski definition) is 5. The molecule has 18 heavy (non-hydrogen) atoms. The molecule has 5 N–H and O–H groups in total. The molecular weight excluding hydrogens is 267 g/mol. The highest BCUT2D eigenvalue weighted by atomic mass is 31.2. The number of phosphoric ester groups is 1. The number of aliphatic hydroxyl groups excluding tert-OH is 3. The largest absolute Gasteiger partial charge is 0.505 e. The molecule has 0 saturated heterocycles. The van der Waals surface area contributed by atoms with E-state index in [1.54, 1.807) is 0 Å². The Morgan fingerprint density at radius 3 is 2.22 bits per heavy atom. The molecule has 0 rings (SSSR count). The fourth-order valence-electron chi connectivity index (χ4n) is 1.08. The van der Waals surface area contributed by atoms with Gasteiger partial charge in [0.05, 0.1) is 18.8 Å². The van der Waals surface area contributed by atoms with Gasteiger partial charge in [0.1, 0.15) is 0 Å². The van der Waals surface area contributed by atoms with Gasteiger partial charge in [0.2, 0.25) is 0 Å². The summed E-state index contributed by atoms with van der Waals surface area (Å²) in [7, 11) is -4.70. The zero-order valence-corrected chi connectivity index (χ0v) is 10.7. The van der Waals surface area contributed by atoms with E-state index >= 15 is 0 Å². The van der Waals surface area contributed by atoms with Crippen molar-refractivity contribution < 1.29 is 39.0 Å². The number of rotatable bonds is 8. The predicted molar refractivity (Wildman–Crippen MR) is 60.6 cm³/mol. The summed E-state index contributed by atoms with van der Waals surface area (Å²) in [5, 5.41) is 27.8. The van der Waals surface area contributed by atoms with Crippen LogP contribution in [0.3, 0.4) is 0 Å². The van der Waals surface area contributed by atoms with Crippen LogP contribution in [-0.2, 0) is 13.9 Å². The Balaban J connectivity index is 4.28. The van der Waals surface area contributed by atoms with E-state index in [0.29, 0.717) is 0 Å². The second-order valence-electron chi connectivity index (χ2n) is 3.85. The summed E-state index contributed by atoms with van der Waals surface area (Å²) in [6, 6.07) is 0. The predicted octanol–water partition coefficient (Wildman–Crippen LogP) is -0.515. The number of aliphatic hydroxyl groups is 3. The molecule has 106 valence electrons. The van der Waals surface area contributed by atoms with Gasteiger partial charge < -0.3 is 25.1 Å². The quantitative estimate of drug-likeness (QED) is 0.227. The van der Waals surface area contributed by atoms with Gasteiger partial charge in [0.25, 0.3) is 0 Å². The zero-order valence-electron chi connectivity index (χ0n) is 9.76. The smallest absolute Gasteiger partial charge is 0.469 e. The van der Waals surface area contributed by atoms with Gasteiger partial charge in [-0.2, -0.15) is 0 Å². The molecule has 0 bridgehead atoms. The van der Waals surface area contributed by atoms with Crippen molar-refractivity contribution in [3.8, 4) is 0 Å². The molecule has 0 aliphatic carbocycles. The maximum absolute atomic E-state index is 11.1. The minimum absolute atomic E-state index is 0.455. The molecule has 3 atom stereocenters. The van der Waals surface area contributed by atoms with Crippen molar-refractivity contribution in [1.82, 2.24) is 0 Å². The van der Waals surface area contributed by atoms with Gasteiger partial charge in [-0.15, -0.1) is 0 Å². The van der Waals surface area contributed by atoms with Crippen molar-refractivity contribution in [1.29, 1.82) is 0 Å². The molecule has 9 heteroatoms. The summed E-state index contributed by atoms with van der Waals surface area (Å²) in [5.41, 5.74) is 0. The van der Waals surface area contributed by atoms with Crippen LogP contribution in [0.2, 0.25) is 0 Å². The van der Waals surface area contributed by atoms with Gasteiger partial charge in [0.15, 0.2) is 11.5 Å². The highest BCUT2D eigenvalue weighted by Gasteiger charge is 2.27. The van der Waals surface area contributed by atoms with Crippen LogP contribution in [-0.4, -0.2) is 49.7 Å². The molecule has 0 aromatic rings. The van der Waals surface area contributed by atoms with E-state index in [4.69, 9.17) is 14.9 Å². The average molecular weight is 284 g/mol. The topological polar surface area (TPSA) is 145 Å². The Kier molecular flexibility index (Phi) is 6.69. The number of Topliss-reactive ketones (excluding diaryl/α,β-unsaturated/α-hetero) is 1. The number of allylic oxidation sites excluding steroid dienone is 1. The number of ketones is 1. The van der Waals surface area contributed by atoms with Crippen LogP contribution in [0.5, 0.6) is 0 Å². The third-order valence-corrected chi connectivity index (χ3v) is 2.83. The third kappa shape index (κ3) is 6.85. The van der Waals surface area contributed by atoms with E-state index in [1.807, 2.05) is 0 Å². The van der Waals surface area contributed by atoms with Crippen LogP contribution in [0, 0.1) is 5.92 Å². The lowest BCUT2D eigenvalue weighted by atomic mass is 9.94. The number of hydrogen-bond acceptors (Lipinski definition) is 6. The molecule has 0 unspecified atom stereocenters. The van der Waals surface area contributed by atoms with Crippen molar-refractivity contribution in [2.75, 3.05) is 6.61 Å². The summed E-state index contributed by atoms with van der Waals surface area (Å²) in [6.45, 7) is 3.67. The molecule has 0 spiro atoms. The highest BCUT2D eigenvalue weighted by molar-refractivity contribution is 7.46. The standard InChI is InChI=1S/C9H17O8P/c1-5(7(11)3-8(12)6(2)10)9(13)4-17-18(14,15)16/h5,7,9-11,13H,2-4H2,1H3,(H2,14,15,16)/t5-,7+,9+/m0/s1. The minimum atomic E-state index is -4.70. The van der Waals surface area contributed by atoms with Gasteiger partial charge in [-0.25, -0.2) is 4.57 Å². The molecule has 0 heterocycles. The third-order valence-electron chi connectivity index (χ3n) is 2.34. The van der Waals surface area contributed by atoms with Gasteiger partial charge in [-0.3, -0.25) is 9.32 Å². The van der Waals surface area contributed by atoms with E-state index < -0.39 is 50.5 Å². The monoisotopic (exact) mass is 284 g/mol. The van der Waals surface area contributed by atoms with Crippen LogP contribution in [0.4, 0.5) is 0 Å². The number of carbonyl (C=O) groups excluding carboxylic acids is 1. The first-order valence-corrected chi connectivity index (χ1v) is 6.55. The molecular formula is C9H17O8P.